The molecule has 1 aliphatic rings. The molecule has 0 aromatic heterocycles. The van der Waals surface area contributed by atoms with Crippen molar-refractivity contribution in [3.63, 3.8) is 0 Å². The lowest BCUT2D eigenvalue weighted by Crippen LogP contribution is -2.31. The van der Waals surface area contributed by atoms with Crippen molar-refractivity contribution >= 4 is 10.0 Å². The molecule has 94 valence electrons. The predicted molar refractivity (Wildman–Crippen MR) is 69.0 cm³/mol. The molecule has 0 saturated carbocycles. The first-order chi connectivity index (χ1) is 7.89. The molecule has 2 rings (SSSR count). The van der Waals surface area contributed by atoms with E-state index in [1.165, 1.54) is 0 Å². The third kappa shape index (κ3) is 3.07. The summed E-state index contributed by atoms with van der Waals surface area (Å²) in [6.07, 6.45) is 0.945. The van der Waals surface area contributed by atoms with Crippen molar-refractivity contribution in [1.29, 1.82) is 0 Å². The van der Waals surface area contributed by atoms with E-state index in [1.54, 1.807) is 4.31 Å². The Kier molecular flexibility index (Phi) is 3.27. The van der Waals surface area contributed by atoms with E-state index in [2.05, 4.69) is 13.8 Å². The Balaban J connectivity index is 2.11. The van der Waals surface area contributed by atoms with E-state index in [0.717, 1.165) is 12.0 Å². The van der Waals surface area contributed by atoms with Crippen molar-refractivity contribution in [2.24, 2.45) is 5.41 Å². The van der Waals surface area contributed by atoms with Crippen LogP contribution in [-0.4, -0.2) is 25.8 Å². The summed E-state index contributed by atoms with van der Waals surface area (Å²) in [5, 5.41) is 0. The second kappa shape index (κ2) is 4.42. The second-order valence-corrected chi connectivity index (χ2v) is 7.46. The van der Waals surface area contributed by atoms with Crippen LogP contribution < -0.4 is 0 Å². The highest BCUT2D eigenvalue weighted by atomic mass is 32.2. The van der Waals surface area contributed by atoms with Crippen LogP contribution >= 0.6 is 0 Å². The van der Waals surface area contributed by atoms with Gasteiger partial charge in [-0.25, -0.2) is 12.7 Å². The smallest absolute Gasteiger partial charge is 0.212 e. The molecule has 0 amide bonds. The van der Waals surface area contributed by atoms with Gasteiger partial charge in [-0.2, -0.15) is 0 Å². The Morgan fingerprint density at radius 1 is 1.24 bits per heavy atom. The first-order valence-corrected chi connectivity index (χ1v) is 7.52. The molecule has 1 aliphatic heterocycles. The van der Waals surface area contributed by atoms with Crippen LogP contribution in [0.4, 0.5) is 0 Å². The summed E-state index contributed by atoms with van der Waals surface area (Å²) < 4.78 is 26.1. The topological polar surface area (TPSA) is 37.4 Å². The predicted octanol–water partition coefficient (Wildman–Crippen LogP) is 2.25. The summed E-state index contributed by atoms with van der Waals surface area (Å²) in [5.41, 5.74) is 0.973. The summed E-state index contributed by atoms with van der Waals surface area (Å²) in [4.78, 5) is 0. The number of benzene rings is 1. The lowest BCUT2D eigenvalue weighted by Gasteiger charge is -2.19. The van der Waals surface area contributed by atoms with E-state index in [0.29, 0.717) is 13.1 Å². The molecule has 0 N–H and O–H groups in total. The molecule has 0 bridgehead atoms. The Morgan fingerprint density at radius 3 is 2.41 bits per heavy atom. The fraction of sp³-hybridized carbons (Fsp3) is 0.538. The molecule has 1 fully saturated rings. The molecular formula is C13H19NO2S. The zero-order valence-corrected chi connectivity index (χ0v) is 11.2. The van der Waals surface area contributed by atoms with Crippen LogP contribution in [0.1, 0.15) is 25.8 Å². The van der Waals surface area contributed by atoms with Gasteiger partial charge in [0.15, 0.2) is 0 Å². The van der Waals surface area contributed by atoms with Crippen LogP contribution in [0.2, 0.25) is 0 Å². The number of sulfonamides is 1. The van der Waals surface area contributed by atoms with Gasteiger partial charge in [0.1, 0.15) is 0 Å². The Morgan fingerprint density at radius 2 is 1.88 bits per heavy atom. The highest BCUT2D eigenvalue weighted by molar-refractivity contribution is 7.88. The molecule has 1 aromatic carbocycles. The minimum Gasteiger partial charge on any atom is -0.212 e. The summed E-state index contributed by atoms with van der Waals surface area (Å²) in [5.74, 6) is 0.115. The summed E-state index contributed by atoms with van der Waals surface area (Å²) >= 11 is 0. The highest BCUT2D eigenvalue weighted by Gasteiger charge is 2.35. The van der Waals surface area contributed by atoms with Gasteiger partial charge in [-0.05, 0) is 17.4 Å². The fourth-order valence-electron chi connectivity index (χ4n) is 2.18. The molecule has 0 radical (unpaired) electrons. The van der Waals surface area contributed by atoms with Crippen molar-refractivity contribution in [3.05, 3.63) is 35.9 Å². The molecule has 0 spiro atoms. The van der Waals surface area contributed by atoms with Gasteiger partial charge in [0.25, 0.3) is 0 Å². The first kappa shape index (κ1) is 12.6. The molecule has 4 heteroatoms. The number of hydrogen-bond donors (Lipinski definition) is 0. The van der Waals surface area contributed by atoms with Crippen molar-refractivity contribution in [2.75, 3.05) is 13.1 Å². The lowest BCUT2D eigenvalue weighted by atomic mass is 9.93. The monoisotopic (exact) mass is 253 g/mol. The van der Waals surface area contributed by atoms with Crippen molar-refractivity contribution in [3.8, 4) is 0 Å². The van der Waals surface area contributed by atoms with Crippen molar-refractivity contribution in [2.45, 2.75) is 26.0 Å². The maximum atomic E-state index is 12.2. The maximum absolute atomic E-state index is 12.2. The van der Waals surface area contributed by atoms with Gasteiger partial charge in [0.2, 0.25) is 10.0 Å². The molecule has 3 nitrogen and oxygen atoms in total. The molecule has 0 atom stereocenters. The van der Waals surface area contributed by atoms with Crippen LogP contribution in [-0.2, 0) is 15.8 Å². The third-order valence-electron chi connectivity index (χ3n) is 3.23. The van der Waals surface area contributed by atoms with Crippen LogP contribution in [0, 0.1) is 5.41 Å². The molecule has 17 heavy (non-hydrogen) atoms. The lowest BCUT2D eigenvalue weighted by molar-refractivity contribution is 0.375. The Bertz CT molecular complexity index is 479. The van der Waals surface area contributed by atoms with E-state index in [4.69, 9.17) is 0 Å². The molecule has 1 saturated heterocycles. The van der Waals surface area contributed by atoms with Crippen LogP contribution in [0.3, 0.4) is 0 Å². The van der Waals surface area contributed by atoms with E-state index >= 15 is 0 Å². The molecule has 0 aliphatic carbocycles. The van der Waals surface area contributed by atoms with Gasteiger partial charge >= 0.3 is 0 Å². The zero-order valence-electron chi connectivity index (χ0n) is 10.4. The summed E-state index contributed by atoms with van der Waals surface area (Å²) in [6, 6.07) is 9.37. The average Bonchev–Trinajstić information content (AvgIpc) is 2.60. The minimum absolute atomic E-state index is 0.115. The quantitative estimate of drug-likeness (QED) is 0.828. The normalized spacial score (nSPS) is 20.6. The van der Waals surface area contributed by atoms with Crippen LogP contribution in [0.15, 0.2) is 30.3 Å². The minimum atomic E-state index is -3.15. The zero-order chi connectivity index (χ0) is 12.5. The van der Waals surface area contributed by atoms with Crippen LogP contribution in [0.25, 0.3) is 0 Å². The first-order valence-electron chi connectivity index (χ1n) is 5.91. The second-order valence-electron chi connectivity index (χ2n) is 5.49. The Labute approximate surface area is 104 Å². The van der Waals surface area contributed by atoms with Gasteiger partial charge in [-0.1, -0.05) is 44.2 Å². The highest BCUT2D eigenvalue weighted by Crippen LogP contribution is 2.31. The largest absolute Gasteiger partial charge is 0.218 e. The van der Waals surface area contributed by atoms with Gasteiger partial charge in [-0.3, -0.25) is 0 Å². The van der Waals surface area contributed by atoms with Gasteiger partial charge in [0, 0.05) is 13.1 Å². The number of rotatable bonds is 3. The average molecular weight is 253 g/mol. The maximum Gasteiger partial charge on any atom is 0.218 e. The molecule has 1 heterocycles. The van der Waals surface area contributed by atoms with E-state index in [9.17, 15) is 8.42 Å². The summed E-state index contributed by atoms with van der Waals surface area (Å²) in [7, 11) is -3.15. The van der Waals surface area contributed by atoms with Gasteiger partial charge < -0.3 is 0 Å². The van der Waals surface area contributed by atoms with Gasteiger partial charge in [-0.15, -0.1) is 0 Å². The van der Waals surface area contributed by atoms with Gasteiger partial charge in [0.05, 0.1) is 5.75 Å². The van der Waals surface area contributed by atoms with E-state index in [1.807, 2.05) is 30.3 Å². The Hall–Kier alpha value is -0.870. The fourth-order valence-corrected chi connectivity index (χ4v) is 3.89. The molecular weight excluding hydrogens is 234 g/mol. The van der Waals surface area contributed by atoms with Crippen molar-refractivity contribution < 1.29 is 8.42 Å². The summed E-state index contributed by atoms with van der Waals surface area (Å²) in [6.45, 7) is 5.53. The van der Waals surface area contributed by atoms with E-state index < -0.39 is 10.0 Å². The number of hydrogen-bond acceptors (Lipinski definition) is 2. The number of nitrogens with zero attached hydrogens (tertiary/aromatic N) is 1. The van der Waals surface area contributed by atoms with E-state index in [-0.39, 0.29) is 11.2 Å². The third-order valence-corrected chi connectivity index (χ3v) is 5.02. The van der Waals surface area contributed by atoms with Crippen molar-refractivity contribution in [1.82, 2.24) is 4.31 Å². The van der Waals surface area contributed by atoms with Crippen LogP contribution in [0.5, 0.6) is 0 Å². The molecule has 0 unspecified atom stereocenters. The molecule has 1 aromatic rings. The standard InChI is InChI=1S/C13H19NO2S/c1-13(2)8-9-14(11-13)17(15,16)10-12-6-4-3-5-7-12/h3-7H,8-11H2,1-2H3. The SMILES string of the molecule is CC1(C)CCN(S(=O)(=O)Cc2ccccc2)C1.